The molecule has 0 spiro atoms. The first-order valence-corrected chi connectivity index (χ1v) is 8.63. The fraction of sp³-hybridized carbons (Fsp3) is 0.474. The second kappa shape index (κ2) is 7.68. The number of ether oxygens (including phenoxy) is 3. The maximum absolute atomic E-state index is 12.2. The number of carbonyl (C=O) groups excluding carboxylic acids is 2. The van der Waals surface area contributed by atoms with Gasteiger partial charge < -0.3 is 24.4 Å². The molecule has 1 aromatic carbocycles. The van der Waals surface area contributed by atoms with Gasteiger partial charge in [-0.3, -0.25) is 9.59 Å². The first-order valence-electron chi connectivity index (χ1n) is 8.63. The summed E-state index contributed by atoms with van der Waals surface area (Å²) in [5.41, 5.74) is 0.747. The SMILES string of the molecule is COc1cc(/C=C/C(=O)N[C@@H]2CC(=O)N(C3CC3)C2)cc(OC)c1OC. The quantitative estimate of drug-likeness (QED) is 0.748. The maximum Gasteiger partial charge on any atom is 0.244 e. The zero-order valence-corrected chi connectivity index (χ0v) is 15.3. The molecule has 1 saturated heterocycles. The van der Waals surface area contributed by atoms with Crippen molar-refractivity contribution in [3.63, 3.8) is 0 Å². The van der Waals surface area contributed by atoms with E-state index in [9.17, 15) is 9.59 Å². The Kier molecular flexibility index (Phi) is 5.35. The van der Waals surface area contributed by atoms with Crippen molar-refractivity contribution in [1.29, 1.82) is 0 Å². The van der Waals surface area contributed by atoms with Crippen LogP contribution in [0.5, 0.6) is 17.2 Å². The summed E-state index contributed by atoms with van der Waals surface area (Å²) in [6, 6.07) is 3.79. The summed E-state index contributed by atoms with van der Waals surface area (Å²) in [4.78, 5) is 26.0. The van der Waals surface area contributed by atoms with Gasteiger partial charge in [-0.1, -0.05) is 0 Å². The first-order chi connectivity index (χ1) is 12.5. The number of carbonyl (C=O) groups is 2. The van der Waals surface area contributed by atoms with Gasteiger partial charge in [0.15, 0.2) is 11.5 Å². The second-order valence-electron chi connectivity index (χ2n) is 6.48. The number of likely N-dealkylation sites (tertiary alicyclic amines) is 1. The lowest BCUT2D eigenvalue weighted by atomic mass is 10.1. The van der Waals surface area contributed by atoms with Crippen LogP contribution in [0.25, 0.3) is 6.08 Å². The van der Waals surface area contributed by atoms with Crippen LogP contribution in [-0.2, 0) is 9.59 Å². The van der Waals surface area contributed by atoms with Crippen LogP contribution < -0.4 is 19.5 Å². The van der Waals surface area contributed by atoms with Crippen molar-refractivity contribution in [1.82, 2.24) is 10.2 Å². The molecule has 1 saturated carbocycles. The van der Waals surface area contributed by atoms with Crippen molar-refractivity contribution < 1.29 is 23.8 Å². The molecule has 0 unspecified atom stereocenters. The van der Waals surface area contributed by atoms with Crippen LogP contribution in [0.1, 0.15) is 24.8 Å². The van der Waals surface area contributed by atoms with Gasteiger partial charge in [0.2, 0.25) is 17.6 Å². The van der Waals surface area contributed by atoms with Gasteiger partial charge in [0, 0.05) is 25.1 Å². The number of hydrogen-bond acceptors (Lipinski definition) is 5. The zero-order chi connectivity index (χ0) is 18.7. The molecule has 3 rings (SSSR count). The molecule has 0 radical (unpaired) electrons. The third kappa shape index (κ3) is 3.92. The molecule has 1 aliphatic heterocycles. The molecular weight excluding hydrogens is 336 g/mol. The van der Waals surface area contributed by atoms with Crippen LogP contribution in [0.3, 0.4) is 0 Å². The molecule has 2 fully saturated rings. The van der Waals surface area contributed by atoms with Gasteiger partial charge in [0.1, 0.15) is 0 Å². The van der Waals surface area contributed by atoms with Crippen LogP contribution in [0.4, 0.5) is 0 Å². The molecular formula is C19H24N2O5. The lowest BCUT2D eigenvalue weighted by molar-refractivity contribution is -0.128. The van der Waals surface area contributed by atoms with E-state index in [1.54, 1.807) is 32.4 Å². The Hall–Kier alpha value is -2.70. The molecule has 7 heteroatoms. The molecule has 2 amide bonds. The van der Waals surface area contributed by atoms with Crippen LogP contribution in [0.2, 0.25) is 0 Å². The van der Waals surface area contributed by atoms with Gasteiger partial charge >= 0.3 is 0 Å². The maximum atomic E-state index is 12.2. The number of nitrogens with one attached hydrogen (secondary N) is 1. The van der Waals surface area contributed by atoms with Crippen LogP contribution >= 0.6 is 0 Å². The number of benzene rings is 1. The third-order valence-corrected chi connectivity index (χ3v) is 4.61. The van der Waals surface area contributed by atoms with Crippen molar-refractivity contribution >= 4 is 17.9 Å². The minimum atomic E-state index is -0.228. The average molecular weight is 360 g/mol. The van der Waals surface area contributed by atoms with E-state index in [-0.39, 0.29) is 17.9 Å². The first kappa shape index (κ1) is 18.1. The highest BCUT2D eigenvalue weighted by molar-refractivity contribution is 5.93. The molecule has 26 heavy (non-hydrogen) atoms. The summed E-state index contributed by atoms with van der Waals surface area (Å²) in [6.07, 6.45) is 5.65. The summed E-state index contributed by atoms with van der Waals surface area (Å²) in [5.74, 6) is 1.45. The number of hydrogen-bond donors (Lipinski definition) is 1. The zero-order valence-electron chi connectivity index (χ0n) is 15.3. The Balaban J connectivity index is 1.64. The van der Waals surface area contributed by atoms with Crippen molar-refractivity contribution in [2.45, 2.75) is 31.3 Å². The Morgan fingerprint density at radius 2 is 1.81 bits per heavy atom. The lowest BCUT2D eigenvalue weighted by Gasteiger charge is -2.15. The van der Waals surface area contributed by atoms with E-state index >= 15 is 0 Å². The summed E-state index contributed by atoms with van der Waals surface area (Å²) >= 11 is 0. The highest BCUT2D eigenvalue weighted by Gasteiger charge is 2.39. The molecule has 2 aliphatic rings. The Bertz CT molecular complexity index is 702. The van der Waals surface area contributed by atoms with E-state index in [0.29, 0.717) is 36.3 Å². The Labute approximate surface area is 152 Å². The molecule has 1 heterocycles. The van der Waals surface area contributed by atoms with E-state index < -0.39 is 0 Å². The van der Waals surface area contributed by atoms with Crippen LogP contribution in [0, 0.1) is 0 Å². The summed E-state index contributed by atoms with van der Waals surface area (Å²) in [5, 5.41) is 2.90. The minimum Gasteiger partial charge on any atom is -0.493 e. The van der Waals surface area contributed by atoms with Crippen molar-refractivity contribution in [3.05, 3.63) is 23.8 Å². The normalized spacial score (nSPS) is 19.7. The van der Waals surface area contributed by atoms with Crippen molar-refractivity contribution in [2.75, 3.05) is 27.9 Å². The number of methoxy groups -OCH3 is 3. The fourth-order valence-corrected chi connectivity index (χ4v) is 3.19. The van der Waals surface area contributed by atoms with Gasteiger partial charge in [0.05, 0.1) is 27.4 Å². The van der Waals surface area contributed by atoms with Gasteiger partial charge in [0.25, 0.3) is 0 Å². The average Bonchev–Trinajstić information content (AvgIpc) is 3.42. The molecule has 140 valence electrons. The lowest BCUT2D eigenvalue weighted by Crippen LogP contribution is -2.36. The molecule has 1 N–H and O–H groups in total. The fourth-order valence-electron chi connectivity index (χ4n) is 3.19. The van der Waals surface area contributed by atoms with Gasteiger partial charge in [-0.15, -0.1) is 0 Å². The summed E-state index contributed by atoms with van der Waals surface area (Å²) in [6.45, 7) is 0.604. The molecule has 1 atom stereocenters. The highest BCUT2D eigenvalue weighted by atomic mass is 16.5. The van der Waals surface area contributed by atoms with E-state index in [4.69, 9.17) is 14.2 Å². The van der Waals surface area contributed by atoms with E-state index in [2.05, 4.69) is 5.32 Å². The molecule has 1 aliphatic carbocycles. The monoisotopic (exact) mass is 360 g/mol. The largest absolute Gasteiger partial charge is 0.493 e. The van der Waals surface area contributed by atoms with Gasteiger partial charge in [-0.05, 0) is 36.6 Å². The molecule has 7 nitrogen and oxygen atoms in total. The van der Waals surface area contributed by atoms with E-state index in [0.717, 1.165) is 18.4 Å². The summed E-state index contributed by atoms with van der Waals surface area (Å²) in [7, 11) is 4.62. The van der Waals surface area contributed by atoms with E-state index in [1.807, 2.05) is 4.90 Å². The number of amides is 2. The van der Waals surface area contributed by atoms with E-state index in [1.165, 1.54) is 13.2 Å². The van der Waals surface area contributed by atoms with Gasteiger partial charge in [-0.2, -0.15) is 0 Å². The van der Waals surface area contributed by atoms with Crippen LogP contribution in [-0.4, -0.2) is 56.7 Å². The number of nitrogens with zero attached hydrogens (tertiary/aromatic N) is 1. The standard InChI is InChI=1S/C19H24N2O5/c1-24-15-8-12(9-16(25-2)19(15)26-3)4-7-17(22)20-13-10-18(23)21(11-13)14-5-6-14/h4,7-9,13-14H,5-6,10-11H2,1-3H3,(H,20,22)/b7-4+/t13-/m1/s1. The molecule has 0 bridgehead atoms. The van der Waals surface area contributed by atoms with Crippen LogP contribution in [0.15, 0.2) is 18.2 Å². The smallest absolute Gasteiger partial charge is 0.244 e. The third-order valence-electron chi connectivity index (χ3n) is 4.61. The predicted octanol–water partition coefficient (Wildman–Crippen LogP) is 1.61. The second-order valence-corrected chi connectivity index (χ2v) is 6.48. The topological polar surface area (TPSA) is 77.1 Å². The Morgan fingerprint density at radius 3 is 2.35 bits per heavy atom. The van der Waals surface area contributed by atoms with Gasteiger partial charge in [-0.25, -0.2) is 0 Å². The molecule has 1 aromatic rings. The molecule has 0 aromatic heterocycles. The predicted molar refractivity (Wildman–Crippen MR) is 96.4 cm³/mol. The Morgan fingerprint density at radius 1 is 1.15 bits per heavy atom. The summed E-state index contributed by atoms with van der Waals surface area (Å²) < 4.78 is 15.9. The number of rotatable bonds is 7. The highest BCUT2D eigenvalue weighted by Crippen LogP contribution is 2.38. The van der Waals surface area contributed by atoms with Crippen molar-refractivity contribution in [3.8, 4) is 17.2 Å². The minimum absolute atomic E-state index is 0.125. The van der Waals surface area contributed by atoms with Crippen molar-refractivity contribution in [2.24, 2.45) is 0 Å².